The highest BCUT2D eigenvalue weighted by molar-refractivity contribution is 4.28. The first-order valence-corrected chi connectivity index (χ1v) is 3.51. The van der Waals surface area contributed by atoms with Crippen LogP contribution in [0.1, 0.15) is 27.2 Å². The molecule has 2 nitrogen and oxygen atoms in total. The third-order valence-corrected chi connectivity index (χ3v) is 0.500. The van der Waals surface area contributed by atoms with Crippen molar-refractivity contribution >= 4 is 0 Å². The van der Waals surface area contributed by atoms with Crippen LogP contribution in [-0.4, -0.2) is 25.8 Å². The first-order chi connectivity index (χ1) is 4.41. The van der Waals surface area contributed by atoms with Gasteiger partial charge >= 0.3 is 0 Å². The zero-order chi connectivity index (χ0) is 8.12. The maximum Gasteiger partial charge on any atom is 0.0319 e. The Labute approximate surface area is 59.3 Å². The molecule has 2 heteroatoms. The van der Waals surface area contributed by atoms with Gasteiger partial charge in [-0.25, -0.2) is 0 Å². The van der Waals surface area contributed by atoms with Crippen molar-refractivity contribution < 1.29 is 5.11 Å². The van der Waals surface area contributed by atoms with E-state index in [1.807, 2.05) is 20.9 Å². The second kappa shape index (κ2) is 44.5. The van der Waals surface area contributed by atoms with Crippen LogP contribution in [0.2, 0.25) is 0 Å². The van der Waals surface area contributed by atoms with Gasteiger partial charge in [0.15, 0.2) is 0 Å². The Bertz CT molecular complexity index is 16.4. The molecule has 0 saturated heterocycles. The number of aliphatic hydroxyl groups is 1. The zero-order valence-corrected chi connectivity index (χ0v) is 7.36. The van der Waals surface area contributed by atoms with Crippen LogP contribution in [0.15, 0.2) is 0 Å². The fourth-order valence-corrected chi connectivity index (χ4v) is 0.250. The minimum absolute atomic E-state index is 1.00. The number of aliphatic hydroxyl groups excluding tert-OH is 1. The summed E-state index contributed by atoms with van der Waals surface area (Å²) in [6.07, 6.45) is 1.23. The van der Waals surface area contributed by atoms with Crippen molar-refractivity contribution in [2.45, 2.75) is 27.2 Å². The first kappa shape index (κ1) is 16.0. The van der Waals surface area contributed by atoms with Crippen molar-refractivity contribution in [3.8, 4) is 0 Å². The molecule has 0 amide bonds. The van der Waals surface area contributed by atoms with Crippen molar-refractivity contribution in [1.82, 2.24) is 5.32 Å². The molecule has 0 heterocycles. The Morgan fingerprint density at radius 1 is 1.22 bits per heavy atom. The molecular weight excluding hydrogens is 114 g/mol. The van der Waals surface area contributed by atoms with Gasteiger partial charge in [-0.05, 0) is 20.0 Å². The number of rotatable bonds is 2. The number of hydrogen-bond acceptors (Lipinski definition) is 2. The van der Waals surface area contributed by atoms with Gasteiger partial charge in [0.1, 0.15) is 0 Å². The SMILES string of the molecule is CC.CCCNC.CO. The summed E-state index contributed by atoms with van der Waals surface area (Å²) in [6.45, 7) is 7.29. The average Bonchev–Trinajstić information content (AvgIpc) is 1.98. The molecule has 0 atom stereocenters. The summed E-state index contributed by atoms with van der Waals surface area (Å²) in [5.41, 5.74) is 0. The Morgan fingerprint density at radius 2 is 1.56 bits per heavy atom. The lowest BCUT2D eigenvalue weighted by Gasteiger charge is -1.84. The zero-order valence-electron chi connectivity index (χ0n) is 7.36. The van der Waals surface area contributed by atoms with Crippen LogP contribution in [0.4, 0.5) is 0 Å². The van der Waals surface area contributed by atoms with Gasteiger partial charge in [-0.2, -0.15) is 0 Å². The molecule has 0 aromatic carbocycles. The fraction of sp³-hybridized carbons (Fsp3) is 1.00. The minimum atomic E-state index is 1.00. The smallest absolute Gasteiger partial charge is 0.0319 e. The van der Waals surface area contributed by atoms with E-state index in [1.165, 1.54) is 6.42 Å². The van der Waals surface area contributed by atoms with Crippen LogP contribution < -0.4 is 5.32 Å². The van der Waals surface area contributed by atoms with E-state index in [-0.39, 0.29) is 0 Å². The topological polar surface area (TPSA) is 32.3 Å². The van der Waals surface area contributed by atoms with Crippen LogP contribution in [-0.2, 0) is 0 Å². The van der Waals surface area contributed by atoms with Crippen molar-refractivity contribution in [1.29, 1.82) is 0 Å². The van der Waals surface area contributed by atoms with E-state index >= 15 is 0 Å². The molecule has 0 bridgehead atoms. The Balaban J connectivity index is -0.0000000771. The van der Waals surface area contributed by atoms with Crippen molar-refractivity contribution in [3.63, 3.8) is 0 Å². The Hall–Kier alpha value is -0.0800. The van der Waals surface area contributed by atoms with E-state index in [0.29, 0.717) is 0 Å². The van der Waals surface area contributed by atoms with Gasteiger partial charge in [-0.3, -0.25) is 0 Å². The fourth-order valence-electron chi connectivity index (χ4n) is 0.250. The van der Waals surface area contributed by atoms with Crippen LogP contribution in [0.5, 0.6) is 0 Å². The highest BCUT2D eigenvalue weighted by Crippen LogP contribution is 1.62. The molecule has 60 valence electrons. The lowest BCUT2D eigenvalue weighted by atomic mass is 10.5. The van der Waals surface area contributed by atoms with Crippen molar-refractivity contribution in [2.24, 2.45) is 0 Å². The summed E-state index contributed by atoms with van der Waals surface area (Å²) in [6, 6.07) is 0. The van der Waals surface area contributed by atoms with Gasteiger partial charge in [-0.1, -0.05) is 20.8 Å². The summed E-state index contributed by atoms with van der Waals surface area (Å²) in [7, 11) is 2.96. The first-order valence-electron chi connectivity index (χ1n) is 3.51. The van der Waals surface area contributed by atoms with E-state index in [2.05, 4.69) is 12.2 Å². The molecule has 0 aliphatic carbocycles. The van der Waals surface area contributed by atoms with E-state index in [1.54, 1.807) is 0 Å². The van der Waals surface area contributed by atoms with Gasteiger partial charge in [0.25, 0.3) is 0 Å². The maximum atomic E-state index is 7.00. The van der Waals surface area contributed by atoms with Gasteiger partial charge in [0, 0.05) is 7.11 Å². The molecule has 0 spiro atoms. The highest BCUT2D eigenvalue weighted by atomic mass is 16.2. The predicted molar refractivity (Wildman–Crippen MR) is 43.7 cm³/mol. The van der Waals surface area contributed by atoms with E-state index in [0.717, 1.165) is 13.7 Å². The second-order valence-corrected chi connectivity index (χ2v) is 1.10. The van der Waals surface area contributed by atoms with Crippen LogP contribution in [0.25, 0.3) is 0 Å². The van der Waals surface area contributed by atoms with Gasteiger partial charge in [0.2, 0.25) is 0 Å². The Morgan fingerprint density at radius 3 is 1.56 bits per heavy atom. The normalized spacial score (nSPS) is 6.00. The molecule has 9 heavy (non-hydrogen) atoms. The second-order valence-electron chi connectivity index (χ2n) is 1.10. The summed E-state index contributed by atoms with van der Waals surface area (Å²) < 4.78 is 0. The average molecular weight is 135 g/mol. The van der Waals surface area contributed by atoms with Gasteiger partial charge < -0.3 is 10.4 Å². The lowest BCUT2D eigenvalue weighted by Crippen LogP contribution is -2.04. The van der Waals surface area contributed by atoms with Crippen LogP contribution >= 0.6 is 0 Å². The third kappa shape index (κ3) is 75.3. The summed E-state index contributed by atoms with van der Waals surface area (Å²) in [5.74, 6) is 0. The molecule has 0 aliphatic rings. The predicted octanol–water partition coefficient (Wildman–Crippen LogP) is 1.25. The standard InChI is InChI=1S/C4H11N.C2H6.CH4O/c1-3-4-5-2;2*1-2/h5H,3-4H2,1-2H3;1-2H3;2H,1H3. The summed E-state index contributed by atoms with van der Waals surface area (Å²) in [5, 5.41) is 10.0. The number of hydrogen-bond donors (Lipinski definition) is 2. The van der Waals surface area contributed by atoms with E-state index in [4.69, 9.17) is 5.11 Å². The molecule has 0 saturated carbocycles. The molecule has 0 radical (unpaired) electrons. The monoisotopic (exact) mass is 135 g/mol. The maximum absolute atomic E-state index is 7.00. The molecule has 0 fully saturated rings. The quantitative estimate of drug-likeness (QED) is 0.597. The summed E-state index contributed by atoms with van der Waals surface area (Å²) >= 11 is 0. The molecule has 0 aromatic heterocycles. The summed E-state index contributed by atoms with van der Waals surface area (Å²) in [4.78, 5) is 0. The van der Waals surface area contributed by atoms with Gasteiger partial charge in [0.05, 0.1) is 0 Å². The third-order valence-electron chi connectivity index (χ3n) is 0.500. The molecule has 0 unspecified atom stereocenters. The number of nitrogens with one attached hydrogen (secondary N) is 1. The lowest BCUT2D eigenvalue weighted by molar-refractivity contribution is 0.399. The van der Waals surface area contributed by atoms with E-state index < -0.39 is 0 Å². The highest BCUT2D eigenvalue weighted by Gasteiger charge is 1.64. The van der Waals surface area contributed by atoms with Crippen LogP contribution in [0, 0.1) is 0 Å². The largest absolute Gasteiger partial charge is 0.400 e. The molecule has 0 aliphatic heterocycles. The molecular formula is C7H21NO. The molecule has 2 N–H and O–H groups in total. The van der Waals surface area contributed by atoms with Crippen molar-refractivity contribution in [2.75, 3.05) is 20.7 Å². The van der Waals surface area contributed by atoms with Gasteiger partial charge in [-0.15, -0.1) is 0 Å². The van der Waals surface area contributed by atoms with Crippen molar-refractivity contribution in [3.05, 3.63) is 0 Å². The molecule has 0 aromatic rings. The van der Waals surface area contributed by atoms with Crippen LogP contribution in [0.3, 0.4) is 0 Å². The minimum Gasteiger partial charge on any atom is -0.400 e. The van der Waals surface area contributed by atoms with E-state index in [9.17, 15) is 0 Å². The Kier molecular flexibility index (Phi) is 78.9. The molecule has 0 rings (SSSR count).